The molecule has 4 nitrogen and oxygen atoms in total. The van der Waals surface area contributed by atoms with E-state index in [1.165, 1.54) is 4.88 Å². The molecule has 1 heterocycles. The van der Waals surface area contributed by atoms with E-state index < -0.39 is 0 Å². The number of carbonyl (C=O) groups excluding carboxylic acids is 2. The van der Waals surface area contributed by atoms with Crippen molar-refractivity contribution in [2.75, 3.05) is 19.0 Å². The number of thiophene rings is 1. The normalized spacial score (nSPS) is 10.0. The first kappa shape index (κ1) is 14.5. The van der Waals surface area contributed by atoms with E-state index in [-0.39, 0.29) is 24.2 Å². The minimum absolute atomic E-state index is 0.0281. The minimum Gasteiger partial charge on any atom is -0.354 e. The van der Waals surface area contributed by atoms with Crippen LogP contribution in [0, 0.1) is 0 Å². The van der Waals surface area contributed by atoms with E-state index >= 15 is 0 Å². The molecule has 1 rings (SSSR count). The molecule has 94 valence electrons. The van der Waals surface area contributed by atoms with Crippen molar-refractivity contribution < 1.29 is 9.59 Å². The van der Waals surface area contributed by atoms with Gasteiger partial charge in [0.25, 0.3) is 0 Å². The molecule has 2 N–H and O–H groups in total. The highest BCUT2D eigenvalue weighted by Crippen LogP contribution is 2.19. The summed E-state index contributed by atoms with van der Waals surface area (Å²) in [5, 5.41) is 7.11. The highest BCUT2D eigenvalue weighted by atomic mass is 79.9. The summed E-state index contributed by atoms with van der Waals surface area (Å²) in [6.45, 7) is 0.530. The summed E-state index contributed by atoms with van der Waals surface area (Å²) < 4.78 is 1.05. The summed E-state index contributed by atoms with van der Waals surface area (Å²) in [6, 6.07) is 2.02. The van der Waals surface area contributed by atoms with Crippen molar-refractivity contribution in [1.29, 1.82) is 0 Å². The zero-order valence-electron chi connectivity index (χ0n) is 8.96. The highest BCUT2D eigenvalue weighted by molar-refractivity contribution is 9.10. The fraction of sp³-hybridized carbons (Fsp3) is 0.400. The Hall–Kier alpha value is -0.590. The lowest BCUT2D eigenvalue weighted by molar-refractivity contribution is -0.124. The van der Waals surface area contributed by atoms with E-state index in [0.29, 0.717) is 6.54 Å². The maximum atomic E-state index is 11.3. The lowest BCUT2D eigenvalue weighted by atomic mass is 10.3. The second kappa shape index (κ2) is 7.68. The van der Waals surface area contributed by atoms with Gasteiger partial charge in [0.2, 0.25) is 11.8 Å². The van der Waals surface area contributed by atoms with E-state index in [1.807, 2.05) is 11.4 Å². The van der Waals surface area contributed by atoms with Crippen molar-refractivity contribution >= 4 is 50.7 Å². The van der Waals surface area contributed by atoms with Crippen LogP contribution in [0.2, 0.25) is 0 Å². The summed E-state index contributed by atoms with van der Waals surface area (Å²) in [6.07, 6.45) is 0.783. The van der Waals surface area contributed by atoms with Gasteiger partial charge in [0.15, 0.2) is 0 Å². The zero-order chi connectivity index (χ0) is 12.7. The number of amides is 2. The second-order valence-corrected chi connectivity index (χ2v) is 5.42. The van der Waals surface area contributed by atoms with Crippen LogP contribution in [0.25, 0.3) is 0 Å². The summed E-state index contributed by atoms with van der Waals surface area (Å²) >= 11 is 10.3. The molecule has 0 saturated heterocycles. The average molecular weight is 340 g/mol. The maximum absolute atomic E-state index is 11.3. The van der Waals surface area contributed by atoms with Gasteiger partial charge in [-0.25, -0.2) is 0 Å². The first-order chi connectivity index (χ1) is 8.11. The third kappa shape index (κ3) is 6.05. The molecule has 0 bridgehead atoms. The Labute approximate surface area is 117 Å². The van der Waals surface area contributed by atoms with E-state index in [1.54, 1.807) is 11.3 Å². The van der Waals surface area contributed by atoms with Gasteiger partial charge in [0, 0.05) is 21.3 Å². The average Bonchev–Trinajstić information content (AvgIpc) is 2.72. The van der Waals surface area contributed by atoms with E-state index in [0.717, 1.165) is 10.9 Å². The van der Waals surface area contributed by atoms with Gasteiger partial charge in [-0.3, -0.25) is 9.59 Å². The van der Waals surface area contributed by atoms with Gasteiger partial charge < -0.3 is 10.6 Å². The highest BCUT2D eigenvalue weighted by Gasteiger charge is 2.04. The third-order valence-electron chi connectivity index (χ3n) is 1.88. The molecule has 0 aliphatic heterocycles. The molecule has 1 aromatic heterocycles. The quantitative estimate of drug-likeness (QED) is 0.772. The number of rotatable bonds is 6. The van der Waals surface area contributed by atoms with Crippen molar-refractivity contribution in [2.45, 2.75) is 6.42 Å². The van der Waals surface area contributed by atoms with Crippen LogP contribution in [0.3, 0.4) is 0 Å². The first-order valence-electron chi connectivity index (χ1n) is 4.94. The van der Waals surface area contributed by atoms with Gasteiger partial charge in [0.05, 0.1) is 6.54 Å². The number of hydrogen-bond donors (Lipinski definition) is 2. The Balaban J connectivity index is 2.14. The van der Waals surface area contributed by atoms with Gasteiger partial charge in [0.1, 0.15) is 5.88 Å². The smallest absolute Gasteiger partial charge is 0.239 e. The molecule has 0 aromatic carbocycles. The van der Waals surface area contributed by atoms with Crippen LogP contribution in [0.15, 0.2) is 15.9 Å². The standard InChI is InChI=1S/C10H12BrClN2O2S/c11-7-3-8(17-6-7)1-2-13-10(16)5-14-9(15)4-12/h3,6H,1-2,4-5H2,(H,13,16)(H,14,15). The van der Waals surface area contributed by atoms with Gasteiger partial charge in [-0.05, 0) is 28.4 Å². The van der Waals surface area contributed by atoms with Crippen LogP contribution in [0.1, 0.15) is 4.88 Å². The Morgan fingerprint density at radius 1 is 1.35 bits per heavy atom. The molecule has 0 saturated carbocycles. The molecule has 7 heteroatoms. The van der Waals surface area contributed by atoms with Crippen LogP contribution >= 0.6 is 38.9 Å². The number of halogens is 2. The van der Waals surface area contributed by atoms with Crippen molar-refractivity contribution in [1.82, 2.24) is 10.6 Å². The molecule has 17 heavy (non-hydrogen) atoms. The van der Waals surface area contributed by atoms with Crippen molar-refractivity contribution in [3.8, 4) is 0 Å². The van der Waals surface area contributed by atoms with Crippen molar-refractivity contribution in [2.24, 2.45) is 0 Å². The molecule has 0 unspecified atom stereocenters. The van der Waals surface area contributed by atoms with Crippen molar-refractivity contribution in [3.05, 3.63) is 20.8 Å². The topological polar surface area (TPSA) is 58.2 Å². The monoisotopic (exact) mass is 338 g/mol. The summed E-state index contributed by atoms with van der Waals surface area (Å²) in [5.74, 6) is -0.681. The van der Waals surface area contributed by atoms with Crippen LogP contribution in [0.4, 0.5) is 0 Å². The minimum atomic E-state index is -0.344. The lowest BCUT2D eigenvalue weighted by Gasteiger charge is -2.04. The number of hydrogen-bond acceptors (Lipinski definition) is 3. The summed E-state index contributed by atoms with van der Waals surface area (Å²) in [4.78, 5) is 23.3. The largest absolute Gasteiger partial charge is 0.354 e. The fourth-order valence-corrected chi connectivity index (χ4v) is 2.65. The van der Waals surface area contributed by atoms with Crippen LogP contribution < -0.4 is 10.6 Å². The predicted octanol–water partition coefficient (Wildman–Crippen LogP) is 1.52. The summed E-state index contributed by atoms with van der Waals surface area (Å²) in [5.41, 5.74) is 0. The molecule has 0 fully saturated rings. The number of nitrogens with one attached hydrogen (secondary N) is 2. The van der Waals surface area contributed by atoms with Gasteiger partial charge in [-0.15, -0.1) is 22.9 Å². The molecular formula is C10H12BrClN2O2S. The SMILES string of the molecule is O=C(CCl)NCC(=O)NCCc1cc(Br)cs1. The lowest BCUT2D eigenvalue weighted by Crippen LogP contribution is -2.38. The molecular weight excluding hydrogens is 328 g/mol. The first-order valence-corrected chi connectivity index (χ1v) is 7.15. The van der Waals surface area contributed by atoms with Gasteiger partial charge in [-0.2, -0.15) is 0 Å². The molecule has 0 aliphatic rings. The fourth-order valence-electron chi connectivity index (χ4n) is 1.10. The van der Waals surface area contributed by atoms with Gasteiger partial charge >= 0.3 is 0 Å². The molecule has 1 aromatic rings. The van der Waals surface area contributed by atoms with E-state index in [2.05, 4.69) is 26.6 Å². The van der Waals surface area contributed by atoms with Crippen molar-refractivity contribution in [3.63, 3.8) is 0 Å². The third-order valence-corrected chi connectivity index (χ3v) is 3.88. The molecule has 0 radical (unpaired) electrons. The van der Waals surface area contributed by atoms with E-state index in [4.69, 9.17) is 11.6 Å². The Kier molecular flexibility index (Phi) is 6.54. The Morgan fingerprint density at radius 3 is 2.71 bits per heavy atom. The molecule has 2 amide bonds. The number of carbonyl (C=O) groups is 2. The molecule has 0 aliphatic carbocycles. The van der Waals surface area contributed by atoms with Gasteiger partial charge in [-0.1, -0.05) is 0 Å². The van der Waals surface area contributed by atoms with E-state index in [9.17, 15) is 9.59 Å². The molecule has 0 atom stereocenters. The molecule has 0 spiro atoms. The summed E-state index contributed by atoms with van der Waals surface area (Å²) in [7, 11) is 0. The number of alkyl halides is 1. The second-order valence-electron chi connectivity index (χ2n) is 3.24. The Morgan fingerprint density at radius 2 is 2.12 bits per heavy atom. The Bertz CT molecular complexity index is 397. The maximum Gasteiger partial charge on any atom is 0.239 e. The van der Waals surface area contributed by atoms with Crippen LogP contribution in [0.5, 0.6) is 0 Å². The van der Waals surface area contributed by atoms with Crippen LogP contribution in [-0.2, 0) is 16.0 Å². The van der Waals surface area contributed by atoms with Crippen LogP contribution in [-0.4, -0.2) is 30.8 Å². The predicted molar refractivity (Wildman–Crippen MR) is 72.5 cm³/mol. The zero-order valence-corrected chi connectivity index (χ0v) is 12.1.